The number of rotatable bonds is 6. The number of thiocarbonyl (C=S) groups is 1. The standard InChI is InChI=1S/C24H18ClN3O2S2/c25-17-8-10-18(11-9-17)28-23(29)22(27(24(28)31)15-20-7-4-12-32-20)14-19-13-21(26-30-19)16-5-2-1-3-6-16/h1-13,22H,14-15H2. The Morgan fingerprint density at radius 1 is 1.06 bits per heavy atom. The summed E-state index contributed by atoms with van der Waals surface area (Å²) in [6.45, 7) is 0.552. The number of benzene rings is 2. The molecule has 5 nitrogen and oxygen atoms in total. The molecule has 1 atom stereocenters. The van der Waals surface area contributed by atoms with Gasteiger partial charge in [-0.15, -0.1) is 11.3 Å². The molecule has 1 saturated heterocycles. The van der Waals surface area contributed by atoms with Crippen molar-refractivity contribution >= 4 is 51.9 Å². The Morgan fingerprint density at radius 2 is 1.84 bits per heavy atom. The molecule has 0 radical (unpaired) electrons. The summed E-state index contributed by atoms with van der Waals surface area (Å²) >= 11 is 13.4. The number of aromatic nitrogens is 1. The van der Waals surface area contributed by atoms with Crippen molar-refractivity contribution in [2.24, 2.45) is 0 Å². The van der Waals surface area contributed by atoms with Crippen molar-refractivity contribution in [1.82, 2.24) is 10.1 Å². The fourth-order valence-corrected chi connectivity index (χ4v) is 4.97. The first kappa shape index (κ1) is 20.9. The van der Waals surface area contributed by atoms with Gasteiger partial charge in [-0.25, -0.2) is 0 Å². The normalized spacial score (nSPS) is 16.2. The van der Waals surface area contributed by atoms with E-state index in [1.807, 2.05) is 58.8 Å². The largest absolute Gasteiger partial charge is 0.361 e. The van der Waals surface area contributed by atoms with Crippen LogP contribution in [0.1, 0.15) is 10.6 Å². The second-order valence-corrected chi connectivity index (χ2v) is 9.24. The third-order valence-electron chi connectivity index (χ3n) is 5.33. The van der Waals surface area contributed by atoms with Gasteiger partial charge in [0, 0.05) is 28.0 Å². The molecular formula is C24H18ClN3O2S2. The van der Waals surface area contributed by atoms with E-state index in [-0.39, 0.29) is 5.91 Å². The van der Waals surface area contributed by atoms with E-state index in [1.54, 1.807) is 40.5 Å². The third-order valence-corrected chi connectivity index (χ3v) is 6.86. The fourth-order valence-electron chi connectivity index (χ4n) is 3.76. The molecule has 1 aliphatic heterocycles. The van der Waals surface area contributed by atoms with Crippen LogP contribution in [-0.4, -0.2) is 27.1 Å². The molecule has 0 N–H and O–H groups in total. The number of thiophene rings is 1. The van der Waals surface area contributed by atoms with Crippen molar-refractivity contribution in [2.75, 3.05) is 4.90 Å². The van der Waals surface area contributed by atoms with Crippen LogP contribution in [0.25, 0.3) is 11.3 Å². The number of amides is 1. The van der Waals surface area contributed by atoms with Gasteiger partial charge in [-0.3, -0.25) is 9.69 Å². The Morgan fingerprint density at radius 3 is 2.56 bits per heavy atom. The molecule has 3 heterocycles. The van der Waals surface area contributed by atoms with Crippen molar-refractivity contribution in [2.45, 2.75) is 19.0 Å². The summed E-state index contributed by atoms with van der Waals surface area (Å²) in [7, 11) is 0. The van der Waals surface area contributed by atoms with Crippen LogP contribution in [0.4, 0.5) is 5.69 Å². The number of halogens is 1. The van der Waals surface area contributed by atoms with E-state index in [4.69, 9.17) is 28.3 Å². The van der Waals surface area contributed by atoms with Crippen molar-refractivity contribution in [1.29, 1.82) is 0 Å². The highest BCUT2D eigenvalue weighted by molar-refractivity contribution is 7.80. The minimum Gasteiger partial charge on any atom is -0.361 e. The lowest BCUT2D eigenvalue weighted by Gasteiger charge is -2.22. The first-order valence-corrected chi connectivity index (χ1v) is 11.7. The van der Waals surface area contributed by atoms with E-state index in [1.165, 1.54) is 0 Å². The maximum absolute atomic E-state index is 13.5. The van der Waals surface area contributed by atoms with Gasteiger partial charge < -0.3 is 9.42 Å². The van der Waals surface area contributed by atoms with Crippen LogP contribution in [0.3, 0.4) is 0 Å². The van der Waals surface area contributed by atoms with Crippen LogP contribution < -0.4 is 4.90 Å². The zero-order valence-electron chi connectivity index (χ0n) is 16.8. The molecule has 0 aliphatic carbocycles. The SMILES string of the molecule is O=C1C(Cc2cc(-c3ccccc3)no2)N(Cc2cccs2)C(=S)N1c1ccc(Cl)cc1. The molecule has 1 amide bonds. The summed E-state index contributed by atoms with van der Waals surface area (Å²) < 4.78 is 5.60. The van der Waals surface area contributed by atoms with E-state index in [0.29, 0.717) is 34.5 Å². The Hall–Kier alpha value is -3.00. The lowest BCUT2D eigenvalue weighted by Crippen LogP contribution is -2.35. The Kier molecular flexibility index (Phi) is 5.78. The van der Waals surface area contributed by atoms with Gasteiger partial charge in [0.1, 0.15) is 17.5 Å². The predicted molar refractivity (Wildman–Crippen MR) is 131 cm³/mol. The van der Waals surface area contributed by atoms with Gasteiger partial charge in [-0.1, -0.05) is 53.2 Å². The minimum atomic E-state index is -0.489. The zero-order chi connectivity index (χ0) is 22.1. The van der Waals surface area contributed by atoms with Crippen molar-refractivity contribution in [3.8, 4) is 11.3 Å². The van der Waals surface area contributed by atoms with Gasteiger partial charge in [0.15, 0.2) is 5.11 Å². The molecule has 1 unspecified atom stereocenters. The number of carbonyl (C=O) groups excluding carboxylic acids is 1. The Labute approximate surface area is 199 Å². The first-order valence-electron chi connectivity index (χ1n) is 10.0. The quantitative estimate of drug-likeness (QED) is 0.327. The highest BCUT2D eigenvalue weighted by atomic mass is 35.5. The predicted octanol–water partition coefficient (Wildman–Crippen LogP) is 5.80. The molecule has 4 aromatic rings. The van der Waals surface area contributed by atoms with Gasteiger partial charge in [-0.2, -0.15) is 0 Å². The van der Waals surface area contributed by atoms with Gasteiger partial charge in [-0.05, 0) is 47.9 Å². The first-order chi connectivity index (χ1) is 15.6. The highest BCUT2D eigenvalue weighted by Gasteiger charge is 2.43. The molecule has 160 valence electrons. The van der Waals surface area contributed by atoms with Gasteiger partial charge in [0.2, 0.25) is 0 Å². The van der Waals surface area contributed by atoms with Crippen molar-refractivity contribution in [3.05, 3.63) is 93.8 Å². The zero-order valence-corrected chi connectivity index (χ0v) is 19.2. The number of hydrogen-bond donors (Lipinski definition) is 0. The average Bonchev–Trinajstić information content (AvgIpc) is 3.54. The molecule has 0 spiro atoms. The van der Waals surface area contributed by atoms with E-state index in [0.717, 1.165) is 16.1 Å². The monoisotopic (exact) mass is 479 g/mol. The van der Waals surface area contributed by atoms with E-state index in [9.17, 15) is 4.79 Å². The summed E-state index contributed by atoms with van der Waals surface area (Å²) in [5.74, 6) is 0.547. The Bertz CT molecular complexity index is 1240. The number of nitrogens with zero attached hydrogens (tertiary/aromatic N) is 3. The minimum absolute atomic E-state index is 0.0912. The summed E-state index contributed by atoms with van der Waals surface area (Å²) in [6, 6.07) is 22.4. The van der Waals surface area contributed by atoms with Crippen LogP contribution in [-0.2, 0) is 17.8 Å². The van der Waals surface area contributed by atoms with E-state index >= 15 is 0 Å². The topological polar surface area (TPSA) is 49.6 Å². The molecular weight excluding hydrogens is 462 g/mol. The van der Waals surface area contributed by atoms with Gasteiger partial charge in [0.25, 0.3) is 5.91 Å². The van der Waals surface area contributed by atoms with Gasteiger partial charge in [0.05, 0.1) is 12.2 Å². The maximum atomic E-state index is 13.5. The molecule has 1 fully saturated rings. The van der Waals surface area contributed by atoms with Crippen LogP contribution in [0.2, 0.25) is 5.02 Å². The molecule has 2 aromatic carbocycles. The molecule has 8 heteroatoms. The molecule has 32 heavy (non-hydrogen) atoms. The summed E-state index contributed by atoms with van der Waals surface area (Å²) in [6.07, 6.45) is 0.369. The molecule has 1 aliphatic rings. The summed E-state index contributed by atoms with van der Waals surface area (Å²) in [5, 5.41) is 7.29. The number of anilines is 1. The molecule has 0 bridgehead atoms. The van der Waals surface area contributed by atoms with Crippen LogP contribution in [0.5, 0.6) is 0 Å². The van der Waals surface area contributed by atoms with Crippen LogP contribution in [0, 0.1) is 0 Å². The third kappa shape index (κ3) is 4.07. The summed E-state index contributed by atoms with van der Waals surface area (Å²) in [5.41, 5.74) is 2.41. The van der Waals surface area contributed by atoms with Crippen molar-refractivity contribution < 1.29 is 9.32 Å². The highest BCUT2D eigenvalue weighted by Crippen LogP contribution is 2.31. The van der Waals surface area contributed by atoms with E-state index < -0.39 is 6.04 Å². The Balaban J connectivity index is 1.45. The number of hydrogen-bond acceptors (Lipinski definition) is 5. The fraction of sp³-hybridized carbons (Fsp3) is 0.125. The maximum Gasteiger partial charge on any atom is 0.256 e. The molecule has 2 aromatic heterocycles. The van der Waals surface area contributed by atoms with Crippen LogP contribution >= 0.6 is 35.2 Å². The molecule has 0 saturated carbocycles. The lowest BCUT2D eigenvalue weighted by atomic mass is 10.1. The summed E-state index contributed by atoms with van der Waals surface area (Å²) in [4.78, 5) is 18.2. The second-order valence-electron chi connectivity index (χ2n) is 7.40. The van der Waals surface area contributed by atoms with Crippen molar-refractivity contribution in [3.63, 3.8) is 0 Å². The van der Waals surface area contributed by atoms with Gasteiger partial charge >= 0.3 is 0 Å². The number of carbonyl (C=O) groups is 1. The smallest absolute Gasteiger partial charge is 0.256 e. The van der Waals surface area contributed by atoms with E-state index in [2.05, 4.69) is 5.16 Å². The molecule has 5 rings (SSSR count). The van der Waals surface area contributed by atoms with Crippen LogP contribution in [0.15, 0.2) is 82.7 Å². The lowest BCUT2D eigenvalue weighted by molar-refractivity contribution is -0.119. The second kappa shape index (κ2) is 8.86. The average molecular weight is 480 g/mol.